The van der Waals surface area contributed by atoms with Gasteiger partial charge in [-0.1, -0.05) is 42.5 Å². The van der Waals surface area contributed by atoms with Crippen molar-refractivity contribution in [1.29, 1.82) is 0 Å². The summed E-state index contributed by atoms with van der Waals surface area (Å²) >= 11 is 0. The molecule has 1 aliphatic heterocycles. The quantitative estimate of drug-likeness (QED) is 0.868. The Morgan fingerprint density at radius 3 is 2.46 bits per heavy atom. The van der Waals surface area contributed by atoms with Gasteiger partial charge in [-0.3, -0.25) is 4.79 Å². The minimum atomic E-state index is -0.899. The second-order valence-electron chi connectivity index (χ2n) is 5.24. The first-order valence-electron chi connectivity index (χ1n) is 7.50. The summed E-state index contributed by atoms with van der Waals surface area (Å²) in [5, 5.41) is 2.67. The van der Waals surface area contributed by atoms with E-state index in [4.69, 9.17) is 14.2 Å². The lowest BCUT2D eigenvalue weighted by Crippen LogP contribution is -2.46. The number of carbonyl (C=O) groups excluding carboxylic acids is 2. The topological polar surface area (TPSA) is 73.9 Å². The molecule has 1 N–H and O–H groups in total. The summed E-state index contributed by atoms with van der Waals surface area (Å²) in [5.74, 6) is 0.0998. The average molecular weight is 327 g/mol. The maximum Gasteiger partial charge on any atom is 0.333 e. The van der Waals surface area contributed by atoms with Crippen molar-refractivity contribution in [1.82, 2.24) is 5.32 Å². The lowest BCUT2D eigenvalue weighted by Gasteiger charge is -2.27. The monoisotopic (exact) mass is 327 g/mol. The molecule has 2 atom stereocenters. The van der Waals surface area contributed by atoms with Gasteiger partial charge in [-0.15, -0.1) is 0 Å². The van der Waals surface area contributed by atoms with E-state index < -0.39 is 24.0 Å². The van der Waals surface area contributed by atoms with Gasteiger partial charge in [0.2, 0.25) is 6.10 Å². The van der Waals surface area contributed by atoms with E-state index in [-0.39, 0.29) is 6.61 Å². The number of rotatable bonds is 4. The molecule has 0 spiro atoms. The van der Waals surface area contributed by atoms with Crippen molar-refractivity contribution in [3.63, 3.8) is 0 Å². The van der Waals surface area contributed by atoms with E-state index in [2.05, 4.69) is 5.32 Å². The van der Waals surface area contributed by atoms with Crippen LogP contribution in [0.3, 0.4) is 0 Å². The van der Waals surface area contributed by atoms with Crippen LogP contribution in [0.15, 0.2) is 54.6 Å². The van der Waals surface area contributed by atoms with Crippen molar-refractivity contribution in [3.05, 3.63) is 60.2 Å². The molecule has 1 aliphatic rings. The summed E-state index contributed by atoms with van der Waals surface area (Å²) in [5.41, 5.74) is 0.634. The highest BCUT2D eigenvalue weighted by Crippen LogP contribution is 2.31. The molecule has 24 heavy (non-hydrogen) atoms. The van der Waals surface area contributed by atoms with Gasteiger partial charge in [-0.05, 0) is 17.7 Å². The highest BCUT2D eigenvalue weighted by Gasteiger charge is 2.31. The Morgan fingerprint density at radius 2 is 1.75 bits per heavy atom. The maximum atomic E-state index is 12.5. The van der Waals surface area contributed by atoms with Crippen molar-refractivity contribution >= 4 is 11.9 Å². The first-order valence-corrected chi connectivity index (χ1v) is 7.50. The Labute approximate surface area is 139 Å². The van der Waals surface area contributed by atoms with Crippen LogP contribution in [-0.4, -0.2) is 31.7 Å². The molecule has 6 nitrogen and oxygen atoms in total. The normalized spacial score (nSPS) is 16.8. The molecule has 0 aliphatic carbocycles. The Morgan fingerprint density at radius 1 is 1.08 bits per heavy atom. The van der Waals surface area contributed by atoms with Crippen molar-refractivity contribution in [2.75, 3.05) is 13.7 Å². The lowest BCUT2D eigenvalue weighted by molar-refractivity contribution is -0.146. The summed E-state index contributed by atoms with van der Waals surface area (Å²) in [6, 6.07) is 15.1. The molecule has 1 amide bonds. The number of hydrogen-bond acceptors (Lipinski definition) is 5. The Hall–Kier alpha value is -3.02. The first kappa shape index (κ1) is 15.9. The minimum Gasteiger partial charge on any atom is -0.485 e. The predicted molar refractivity (Wildman–Crippen MR) is 85.7 cm³/mol. The van der Waals surface area contributed by atoms with Gasteiger partial charge >= 0.3 is 5.97 Å². The number of hydrogen-bond donors (Lipinski definition) is 1. The third kappa shape index (κ3) is 3.32. The molecule has 2 aromatic carbocycles. The van der Waals surface area contributed by atoms with Crippen LogP contribution in [0.2, 0.25) is 0 Å². The summed E-state index contributed by atoms with van der Waals surface area (Å²) < 4.78 is 16.0. The van der Waals surface area contributed by atoms with Crippen molar-refractivity contribution < 1.29 is 23.8 Å². The molecular formula is C18H17NO5. The van der Waals surface area contributed by atoms with Crippen LogP contribution in [0, 0.1) is 0 Å². The fourth-order valence-electron chi connectivity index (χ4n) is 2.43. The van der Waals surface area contributed by atoms with E-state index in [1.165, 1.54) is 7.11 Å². The first-order chi connectivity index (χ1) is 11.7. The molecule has 0 aromatic heterocycles. The van der Waals surface area contributed by atoms with Crippen molar-refractivity contribution in [2.24, 2.45) is 0 Å². The second-order valence-corrected chi connectivity index (χ2v) is 5.24. The molecular weight excluding hydrogens is 310 g/mol. The fraction of sp³-hybridized carbons (Fsp3) is 0.222. The largest absolute Gasteiger partial charge is 0.485 e. The van der Waals surface area contributed by atoms with E-state index in [0.717, 1.165) is 0 Å². The molecule has 0 unspecified atom stereocenters. The number of benzene rings is 2. The van der Waals surface area contributed by atoms with Crippen molar-refractivity contribution in [3.8, 4) is 11.5 Å². The summed E-state index contributed by atoms with van der Waals surface area (Å²) in [6.07, 6.45) is -0.837. The van der Waals surface area contributed by atoms with Crippen LogP contribution < -0.4 is 14.8 Å². The van der Waals surface area contributed by atoms with Crippen LogP contribution in [0.5, 0.6) is 11.5 Å². The van der Waals surface area contributed by atoms with Crippen LogP contribution >= 0.6 is 0 Å². The smallest absolute Gasteiger partial charge is 0.333 e. The number of nitrogens with one attached hydrogen (secondary N) is 1. The Balaban J connectivity index is 1.74. The third-order valence-corrected chi connectivity index (χ3v) is 3.66. The van der Waals surface area contributed by atoms with Gasteiger partial charge in [-0.25, -0.2) is 4.79 Å². The molecule has 0 saturated carbocycles. The number of fused-ring (bicyclic) bond motifs is 1. The van der Waals surface area contributed by atoms with E-state index in [1.54, 1.807) is 42.5 Å². The fourth-order valence-corrected chi connectivity index (χ4v) is 2.43. The molecule has 3 rings (SSSR count). The third-order valence-electron chi connectivity index (χ3n) is 3.66. The molecule has 0 bridgehead atoms. The van der Waals surface area contributed by atoms with Gasteiger partial charge < -0.3 is 19.5 Å². The average Bonchev–Trinajstić information content (AvgIpc) is 2.65. The van der Waals surface area contributed by atoms with Crippen LogP contribution in [0.1, 0.15) is 11.6 Å². The Bertz CT molecular complexity index is 731. The molecule has 2 aromatic rings. The van der Waals surface area contributed by atoms with Crippen LogP contribution in [0.4, 0.5) is 0 Å². The van der Waals surface area contributed by atoms with Gasteiger partial charge in [-0.2, -0.15) is 0 Å². The number of ether oxygens (including phenoxy) is 3. The number of carbonyl (C=O) groups is 2. The zero-order valence-corrected chi connectivity index (χ0v) is 13.1. The molecule has 1 heterocycles. The highest BCUT2D eigenvalue weighted by molar-refractivity contribution is 5.88. The molecule has 124 valence electrons. The Kier molecular flexibility index (Phi) is 4.65. The molecule has 0 radical (unpaired) electrons. The summed E-state index contributed by atoms with van der Waals surface area (Å²) in [4.78, 5) is 24.5. The number of methoxy groups -OCH3 is 1. The van der Waals surface area contributed by atoms with Crippen LogP contribution in [-0.2, 0) is 14.3 Å². The minimum absolute atomic E-state index is 0.0749. The van der Waals surface area contributed by atoms with E-state index in [0.29, 0.717) is 17.1 Å². The van der Waals surface area contributed by atoms with Crippen molar-refractivity contribution in [2.45, 2.75) is 12.1 Å². The highest BCUT2D eigenvalue weighted by atomic mass is 16.6. The lowest BCUT2D eigenvalue weighted by atomic mass is 10.1. The van der Waals surface area contributed by atoms with E-state index in [1.807, 2.05) is 12.1 Å². The number of esters is 1. The second kappa shape index (κ2) is 7.04. The molecule has 0 saturated heterocycles. The van der Waals surface area contributed by atoms with Gasteiger partial charge in [0, 0.05) is 0 Å². The maximum absolute atomic E-state index is 12.5. The van der Waals surface area contributed by atoms with Crippen LogP contribution in [0.25, 0.3) is 0 Å². The van der Waals surface area contributed by atoms with Gasteiger partial charge in [0.05, 0.1) is 7.11 Å². The summed E-state index contributed by atoms with van der Waals surface area (Å²) in [6.45, 7) is 0.0749. The van der Waals surface area contributed by atoms with E-state index >= 15 is 0 Å². The van der Waals surface area contributed by atoms with E-state index in [9.17, 15) is 9.59 Å². The van der Waals surface area contributed by atoms with Gasteiger partial charge in [0.15, 0.2) is 17.5 Å². The zero-order chi connectivity index (χ0) is 16.9. The summed E-state index contributed by atoms with van der Waals surface area (Å²) in [7, 11) is 1.28. The standard InChI is InChI=1S/C18H17NO5/c1-22-18(21)16(12-7-3-2-4-8-12)19-17(20)15-11-23-13-9-5-6-10-14(13)24-15/h2-10,15-16H,11H2,1H3,(H,19,20)/t15-,16-/m1/s1. The molecule has 0 fully saturated rings. The SMILES string of the molecule is COC(=O)[C@H](NC(=O)[C@H]1COc2ccccc2O1)c1ccccc1. The van der Waals surface area contributed by atoms with Gasteiger partial charge in [0.1, 0.15) is 6.61 Å². The number of para-hydroxylation sites is 2. The van der Waals surface area contributed by atoms with Gasteiger partial charge in [0.25, 0.3) is 5.91 Å². The predicted octanol–water partition coefficient (Wildman–Crippen LogP) is 1.86. The zero-order valence-electron chi connectivity index (χ0n) is 13.1. The number of amides is 1. The molecule has 6 heteroatoms.